The fraction of sp³-hybridized carbons (Fsp3) is 0.393. The van der Waals surface area contributed by atoms with Crippen molar-refractivity contribution in [2.24, 2.45) is 0 Å². The van der Waals surface area contributed by atoms with Crippen LogP contribution in [0.25, 0.3) is 5.70 Å². The van der Waals surface area contributed by atoms with Crippen molar-refractivity contribution >= 4 is 59.9 Å². The van der Waals surface area contributed by atoms with Gasteiger partial charge in [0.15, 0.2) is 0 Å². The second-order valence-corrected chi connectivity index (χ2v) is 13.0. The molecule has 0 bridgehead atoms. The molecule has 1 aromatic carbocycles. The zero-order valence-electron chi connectivity index (χ0n) is 22.3. The van der Waals surface area contributed by atoms with Gasteiger partial charge in [0.1, 0.15) is 0 Å². The van der Waals surface area contributed by atoms with E-state index in [0.717, 1.165) is 41.5 Å². The Labute approximate surface area is 243 Å². The summed E-state index contributed by atoms with van der Waals surface area (Å²) in [5, 5.41) is 0.281. The van der Waals surface area contributed by atoms with Gasteiger partial charge in [-0.2, -0.15) is 0 Å². The third-order valence-corrected chi connectivity index (χ3v) is 9.41. The zero-order chi connectivity index (χ0) is 28.4. The summed E-state index contributed by atoms with van der Waals surface area (Å²) >= 11 is 5.50. The summed E-state index contributed by atoms with van der Waals surface area (Å²) in [6.45, 7) is 5.46. The van der Waals surface area contributed by atoms with Crippen molar-refractivity contribution in [1.82, 2.24) is 14.7 Å². The first-order valence-electron chi connectivity index (χ1n) is 13.1. The van der Waals surface area contributed by atoms with Gasteiger partial charge in [-0.3, -0.25) is 0 Å². The van der Waals surface area contributed by atoms with Crippen LogP contribution in [-0.4, -0.2) is 84.9 Å². The number of amides is 2. The summed E-state index contributed by atoms with van der Waals surface area (Å²) in [6.07, 6.45) is 10.6. The first-order chi connectivity index (χ1) is 18.7. The van der Waals surface area contributed by atoms with Crippen LogP contribution in [0.3, 0.4) is 0 Å². The van der Waals surface area contributed by atoms with E-state index in [1.54, 1.807) is 18.2 Å². The SMILES string of the molecule is CCCCN1C(=O)C(=C/C=C/C=C2/[Se]C=C(c3ccccc3)N2CCCS(=O)(=O)O)C(=O)N(CCCC)C1=S. The first kappa shape index (κ1) is 31.0. The van der Waals surface area contributed by atoms with Crippen molar-refractivity contribution in [2.45, 2.75) is 46.0 Å². The van der Waals surface area contributed by atoms with Crippen molar-refractivity contribution in [3.05, 3.63) is 75.3 Å². The maximum atomic E-state index is 13.2. The van der Waals surface area contributed by atoms with Gasteiger partial charge in [0, 0.05) is 0 Å². The molecule has 0 spiro atoms. The number of hydrogen-bond donors (Lipinski definition) is 1. The number of carbonyl (C=O) groups excluding carboxylic acids is 2. The Hall–Kier alpha value is -2.56. The number of carbonyl (C=O) groups is 2. The molecule has 1 fully saturated rings. The van der Waals surface area contributed by atoms with Crippen molar-refractivity contribution in [3.63, 3.8) is 0 Å². The number of unbranched alkanes of at least 4 members (excludes halogenated alkanes) is 2. The molecule has 8 nitrogen and oxygen atoms in total. The summed E-state index contributed by atoms with van der Waals surface area (Å²) in [4.78, 5) is 33.6. The fourth-order valence-electron chi connectivity index (χ4n) is 4.12. The van der Waals surface area contributed by atoms with Crippen LogP contribution in [0, 0.1) is 0 Å². The van der Waals surface area contributed by atoms with Gasteiger partial charge in [0.2, 0.25) is 0 Å². The fourth-order valence-corrected chi connectivity index (χ4v) is 7.00. The molecule has 3 rings (SSSR count). The van der Waals surface area contributed by atoms with Crippen LogP contribution in [-0.2, 0) is 19.7 Å². The van der Waals surface area contributed by atoms with E-state index >= 15 is 0 Å². The summed E-state index contributed by atoms with van der Waals surface area (Å²) in [5.74, 6) is -1.05. The Bertz CT molecular complexity index is 1260. The van der Waals surface area contributed by atoms with Gasteiger partial charge in [-0.25, -0.2) is 0 Å². The quantitative estimate of drug-likeness (QED) is 0.114. The molecule has 1 saturated heterocycles. The molecule has 2 amide bonds. The second-order valence-electron chi connectivity index (χ2n) is 9.15. The van der Waals surface area contributed by atoms with Crippen LogP contribution in [0.2, 0.25) is 0 Å². The standard InChI is InChI=1S/C28H35N3O5S2Se/c1-3-5-17-30-26(32)23(27(33)31(28(30)37)18-6-4-2)15-10-11-16-25-29(19-12-20-38(34,35)36)24(21-39-25)22-13-8-7-9-14-22/h7-11,13-16,21H,3-6,12,17-20H2,1-2H3,(H,34,35,36)/b11-10+,25-16+. The molecular weight excluding hydrogens is 601 g/mol. The average Bonchev–Trinajstić information content (AvgIpc) is 3.30. The Morgan fingerprint density at radius 1 is 0.872 bits per heavy atom. The molecule has 2 aliphatic heterocycles. The van der Waals surface area contributed by atoms with Gasteiger partial charge >= 0.3 is 244 Å². The Kier molecular flexibility index (Phi) is 11.7. The molecule has 0 radical (unpaired) electrons. The van der Waals surface area contributed by atoms with Gasteiger partial charge in [-0.1, -0.05) is 0 Å². The van der Waals surface area contributed by atoms with Crippen LogP contribution in [0.1, 0.15) is 51.5 Å². The van der Waals surface area contributed by atoms with Crippen LogP contribution >= 0.6 is 12.2 Å². The van der Waals surface area contributed by atoms with E-state index in [0.29, 0.717) is 19.6 Å². The number of benzene rings is 1. The van der Waals surface area contributed by atoms with Crippen LogP contribution in [0.5, 0.6) is 0 Å². The molecular formula is C28H35N3O5S2Se. The summed E-state index contributed by atoms with van der Waals surface area (Å²) in [6, 6.07) is 9.84. The predicted octanol–water partition coefficient (Wildman–Crippen LogP) is 4.16. The molecule has 210 valence electrons. The van der Waals surface area contributed by atoms with Crippen molar-refractivity contribution in [1.29, 1.82) is 0 Å². The van der Waals surface area contributed by atoms with Crippen molar-refractivity contribution in [2.75, 3.05) is 25.4 Å². The molecule has 39 heavy (non-hydrogen) atoms. The molecule has 0 saturated carbocycles. The third kappa shape index (κ3) is 8.46. The average molecular weight is 637 g/mol. The van der Waals surface area contributed by atoms with Gasteiger partial charge in [-0.05, 0) is 0 Å². The maximum absolute atomic E-state index is 13.2. The number of hydrogen-bond acceptors (Lipinski definition) is 6. The minimum absolute atomic E-state index is 0.00266. The van der Waals surface area contributed by atoms with Gasteiger partial charge in [0.25, 0.3) is 0 Å². The number of allylic oxidation sites excluding steroid dienone is 4. The normalized spacial score (nSPS) is 17.7. The van der Waals surface area contributed by atoms with E-state index in [9.17, 15) is 22.6 Å². The topological polar surface area (TPSA) is 98.2 Å². The monoisotopic (exact) mass is 637 g/mol. The zero-order valence-corrected chi connectivity index (χ0v) is 25.6. The van der Waals surface area contributed by atoms with Crippen molar-refractivity contribution < 1.29 is 22.6 Å². The summed E-state index contributed by atoms with van der Waals surface area (Å²) in [7, 11) is -4.05. The Morgan fingerprint density at radius 2 is 1.44 bits per heavy atom. The molecule has 2 heterocycles. The van der Waals surface area contributed by atoms with Gasteiger partial charge < -0.3 is 0 Å². The van der Waals surface area contributed by atoms with Crippen molar-refractivity contribution in [3.8, 4) is 0 Å². The van der Waals surface area contributed by atoms with E-state index in [4.69, 9.17) is 12.2 Å². The molecule has 0 atom stereocenters. The minimum atomic E-state index is -4.05. The van der Waals surface area contributed by atoms with E-state index in [2.05, 4.69) is 9.87 Å². The molecule has 1 aromatic rings. The van der Waals surface area contributed by atoms with Crippen LogP contribution in [0.4, 0.5) is 0 Å². The predicted molar refractivity (Wildman–Crippen MR) is 159 cm³/mol. The Morgan fingerprint density at radius 3 is 2.00 bits per heavy atom. The third-order valence-electron chi connectivity index (χ3n) is 6.20. The summed E-state index contributed by atoms with van der Waals surface area (Å²) < 4.78 is 32.7. The molecule has 0 unspecified atom stereocenters. The van der Waals surface area contributed by atoms with Gasteiger partial charge in [0.05, 0.1) is 0 Å². The summed E-state index contributed by atoms with van der Waals surface area (Å²) in [5.41, 5.74) is 2.11. The Balaban J connectivity index is 1.82. The molecule has 1 N–H and O–H groups in total. The molecule has 2 aliphatic rings. The number of thiocarbonyl (C=S) groups is 1. The number of nitrogens with zero attached hydrogens (tertiary/aromatic N) is 3. The van der Waals surface area contributed by atoms with E-state index in [1.165, 1.54) is 9.80 Å². The van der Waals surface area contributed by atoms with E-state index in [-0.39, 0.29) is 49.6 Å². The van der Waals surface area contributed by atoms with Crippen LogP contribution in [0.15, 0.2) is 69.8 Å². The molecule has 0 aliphatic carbocycles. The first-order valence-corrected chi connectivity index (χ1v) is 17.0. The van der Waals surface area contributed by atoms with E-state index in [1.807, 2.05) is 50.3 Å². The van der Waals surface area contributed by atoms with Crippen LogP contribution < -0.4 is 0 Å². The van der Waals surface area contributed by atoms with E-state index < -0.39 is 10.1 Å². The molecule has 11 heteroatoms. The number of rotatable bonds is 13. The van der Waals surface area contributed by atoms with Gasteiger partial charge in [-0.15, -0.1) is 0 Å². The second kappa shape index (κ2) is 14.7. The molecule has 0 aromatic heterocycles.